The fourth-order valence-corrected chi connectivity index (χ4v) is 12.3. The van der Waals surface area contributed by atoms with Gasteiger partial charge in [0.1, 0.15) is 19.3 Å². The van der Waals surface area contributed by atoms with Crippen LogP contribution in [0.4, 0.5) is 0 Å². The summed E-state index contributed by atoms with van der Waals surface area (Å²) in [5.41, 5.74) is 0. The minimum absolute atomic E-state index is 0.103. The van der Waals surface area contributed by atoms with Gasteiger partial charge in [0.2, 0.25) is 0 Å². The van der Waals surface area contributed by atoms with E-state index in [9.17, 15) is 43.2 Å². The first-order valence-electron chi connectivity index (χ1n) is 36.9. The zero-order chi connectivity index (χ0) is 66.6. The van der Waals surface area contributed by atoms with Crippen LogP contribution < -0.4 is 0 Å². The molecule has 17 nitrogen and oxygen atoms in total. The Kier molecular flexibility index (Phi) is 60.6. The molecule has 0 fully saturated rings. The summed E-state index contributed by atoms with van der Waals surface area (Å²) in [6.45, 7) is 11.8. The summed E-state index contributed by atoms with van der Waals surface area (Å²) >= 11 is 0. The molecule has 0 rings (SSSR count). The standard InChI is InChI=1S/C71H138O17P2/c1-8-10-11-12-13-30-38-45-52-68(73)81-59-67(88-71(76)55-48-41-34-33-37-44-51-64(7)9-2)61-86-90(79,80)84-57-65(72)56-83-89(77,78)85-60-66(58-82-69(74)53-46-39-31-26-22-19-18-21-25-29-36-43-50-63(5)6)87-70(75)54-47-40-32-27-23-17-15-14-16-20-24-28-35-42-49-62(3)4/h62-67,72H,8-61H2,1-7H3,(H,77,78)(H,79,80)/t64?,65-,66-,67-/m1/s1. The van der Waals surface area contributed by atoms with Crippen LogP contribution >= 0.6 is 15.6 Å². The highest BCUT2D eigenvalue weighted by molar-refractivity contribution is 7.47. The van der Waals surface area contributed by atoms with E-state index in [1.165, 1.54) is 161 Å². The second-order valence-corrected chi connectivity index (χ2v) is 29.7. The zero-order valence-corrected chi connectivity index (χ0v) is 60.4. The van der Waals surface area contributed by atoms with Crippen LogP contribution in [0.15, 0.2) is 0 Å². The van der Waals surface area contributed by atoms with Gasteiger partial charge in [0.25, 0.3) is 0 Å². The molecule has 6 atom stereocenters. The molecule has 0 aromatic rings. The maximum Gasteiger partial charge on any atom is 0.472 e. The van der Waals surface area contributed by atoms with E-state index in [-0.39, 0.29) is 25.7 Å². The van der Waals surface area contributed by atoms with Gasteiger partial charge in [-0.2, -0.15) is 0 Å². The van der Waals surface area contributed by atoms with Crippen LogP contribution in [-0.2, 0) is 65.4 Å². The number of aliphatic hydroxyl groups is 1. The Bertz CT molecular complexity index is 1770. The number of phosphoric acid groups is 2. The van der Waals surface area contributed by atoms with Crippen molar-refractivity contribution in [3.8, 4) is 0 Å². The summed E-state index contributed by atoms with van der Waals surface area (Å²) in [6, 6.07) is 0. The summed E-state index contributed by atoms with van der Waals surface area (Å²) in [5.74, 6) is 0.168. The number of hydrogen-bond donors (Lipinski definition) is 3. The Hall–Kier alpha value is -1.94. The normalized spacial score (nSPS) is 14.5. The third-order valence-corrected chi connectivity index (χ3v) is 18.6. The fraction of sp³-hybridized carbons (Fsp3) is 0.944. The summed E-state index contributed by atoms with van der Waals surface area (Å²) < 4.78 is 68.2. The van der Waals surface area contributed by atoms with Gasteiger partial charge in [-0.05, 0) is 43.4 Å². The highest BCUT2D eigenvalue weighted by Crippen LogP contribution is 2.45. The highest BCUT2D eigenvalue weighted by atomic mass is 31.2. The van der Waals surface area contributed by atoms with Crippen molar-refractivity contribution in [2.75, 3.05) is 39.6 Å². The van der Waals surface area contributed by atoms with Crippen LogP contribution in [0.2, 0.25) is 0 Å². The maximum atomic E-state index is 13.0. The molecule has 19 heteroatoms. The highest BCUT2D eigenvalue weighted by Gasteiger charge is 2.30. The van der Waals surface area contributed by atoms with Crippen molar-refractivity contribution >= 4 is 39.5 Å². The van der Waals surface area contributed by atoms with Gasteiger partial charge in [0.15, 0.2) is 12.2 Å². The van der Waals surface area contributed by atoms with E-state index in [0.717, 1.165) is 114 Å². The van der Waals surface area contributed by atoms with Gasteiger partial charge in [-0.3, -0.25) is 37.3 Å². The Morgan fingerprint density at radius 2 is 0.567 bits per heavy atom. The third kappa shape index (κ3) is 63.5. The molecule has 0 aliphatic carbocycles. The van der Waals surface area contributed by atoms with Crippen LogP contribution in [0.3, 0.4) is 0 Å². The third-order valence-electron chi connectivity index (χ3n) is 16.7. The molecule has 0 aromatic carbocycles. The number of hydrogen-bond acceptors (Lipinski definition) is 15. The van der Waals surface area contributed by atoms with Crippen molar-refractivity contribution in [2.24, 2.45) is 17.8 Å². The number of aliphatic hydroxyl groups excluding tert-OH is 1. The Morgan fingerprint density at radius 1 is 0.322 bits per heavy atom. The number of phosphoric ester groups is 2. The Labute approximate surface area is 549 Å². The van der Waals surface area contributed by atoms with Gasteiger partial charge in [-0.15, -0.1) is 0 Å². The van der Waals surface area contributed by atoms with Gasteiger partial charge in [0, 0.05) is 25.7 Å². The van der Waals surface area contributed by atoms with E-state index in [0.29, 0.717) is 25.7 Å². The van der Waals surface area contributed by atoms with Crippen molar-refractivity contribution in [1.82, 2.24) is 0 Å². The fourth-order valence-electron chi connectivity index (χ4n) is 10.7. The van der Waals surface area contributed by atoms with Gasteiger partial charge in [-0.1, -0.05) is 305 Å². The smallest absolute Gasteiger partial charge is 0.462 e. The van der Waals surface area contributed by atoms with Crippen LogP contribution in [0, 0.1) is 17.8 Å². The van der Waals surface area contributed by atoms with E-state index < -0.39 is 97.5 Å². The van der Waals surface area contributed by atoms with Gasteiger partial charge in [-0.25, -0.2) is 9.13 Å². The topological polar surface area (TPSA) is 237 Å². The molecule has 0 aliphatic rings. The van der Waals surface area contributed by atoms with Gasteiger partial charge in [0.05, 0.1) is 26.4 Å². The lowest BCUT2D eigenvalue weighted by atomic mass is 10.00. The first-order chi connectivity index (χ1) is 43.3. The van der Waals surface area contributed by atoms with Crippen molar-refractivity contribution in [3.63, 3.8) is 0 Å². The number of carbonyl (C=O) groups is 4. The van der Waals surface area contributed by atoms with Gasteiger partial charge >= 0.3 is 39.5 Å². The molecule has 0 aliphatic heterocycles. The number of rotatable bonds is 69. The molecule has 0 aromatic heterocycles. The zero-order valence-electron chi connectivity index (χ0n) is 58.6. The minimum Gasteiger partial charge on any atom is -0.462 e. The van der Waals surface area contributed by atoms with Crippen LogP contribution in [0.1, 0.15) is 357 Å². The lowest BCUT2D eigenvalue weighted by molar-refractivity contribution is -0.161. The van der Waals surface area contributed by atoms with Gasteiger partial charge < -0.3 is 33.8 Å². The summed E-state index contributed by atoms with van der Waals surface area (Å²) in [5, 5.41) is 10.6. The second kappa shape index (κ2) is 61.9. The molecule has 0 bridgehead atoms. The average molecular weight is 1330 g/mol. The lowest BCUT2D eigenvalue weighted by Gasteiger charge is -2.21. The van der Waals surface area contributed by atoms with Crippen molar-refractivity contribution < 1.29 is 80.2 Å². The van der Waals surface area contributed by atoms with Crippen LogP contribution in [0.25, 0.3) is 0 Å². The molecule has 0 saturated heterocycles. The van der Waals surface area contributed by atoms with E-state index in [1.807, 2.05) is 0 Å². The molecular formula is C71H138O17P2. The molecule has 534 valence electrons. The maximum absolute atomic E-state index is 13.0. The number of unbranched alkanes of at least 4 members (excludes halogenated alkanes) is 36. The summed E-state index contributed by atoms with van der Waals surface area (Å²) in [7, 11) is -9.90. The largest absolute Gasteiger partial charge is 0.472 e. The molecule has 0 spiro atoms. The molecule has 0 amide bonds. The first-order valence-corrected chi connectivity index (χ1v) is 39.9. The van der Waals surface area contributed by atoms with Crippen molar-refractivity contribution in [1.29, 1.82) is 0 Å². The molecule has 3 N–H and O–H groups in total. The summed E-state index contributed by atoms with van der Waals surface area (Å²) in [6.07, 6.45) is 45.9. The van der Waals surface area contributed by atoms with Crippen LogP contribution in [0.5, 0.6) is 0 Å². The Morgan fingerprint density at radius 3 is 0.844 bits per heavy atom. The quantitative estimate of drug-likeness (QED) is 0.0222. The predicted molar refractivity (Wildman–Crippen MR) is 363 cm³/mol. The SMILES string of the molecule is CCCCCCCCCCC(=O)OC[C@H](COP(=O)(O)OC[C@H](O)COP(=O)(O)OC[C@@H](COC(=O)CCCCCCCCCCCCCCC(C)C)OC(=O)CCCCCCCCCCCCCCCCC(C)C)OC(=O)CCCCCCCCC(C)CC. The predicted octanol–water partition coefficient (Wildman–Crippen LogP) is 20.2. The molecule has 0 saturated carbocycles. The first kappa shape index (κ1) is 88.1. The minimum atomic E-state index is -4.95. The van der Waals surface area contributed by atoms with Crippen molar-refractivity contribution in [3.05, 3.63) is 0 Å². The molecule has 0 heterocycles. The molecular weight excluding hydrogens is 1190 g/mol. The number of carbonyl (C=O) groups excluding carboxylic acids is 4. The molecule has 0 radical (unpaired) electrons. The van der Waals surface area contributed by atoms with E-state index in [2.05, 4.69) is 48.5 Å². The van der Waals surface area contributed by atoms with Crippen LogP contribution in [-0.4, -0.2) is 96.7 Å². The average Bonchev–Trinajstić information content (AvgIpc) is 2.48. The number of esters is 4. The van der Waals surface area contributed by atoms with E-state index >= 15 is 0 Å². The van der Waals surface area contributed by atoms with Crippen molar-refractivity contribution in [2.45, 2.75) is 375 Å². The lowest BCUT2D eigenvalue weighted by Crippen LogP contribution is -2.30. The number of ether oxygens (including phenoxy) is 4. The second-order valence-electron chi connectivity index (χ2n) is 26.8. The van der Waals surface area contributed by atoms with E-state index in [4.69, 9.17) is 37.0 Å². The monoisotopic (exact) mass is 1320 g/mol. The molecule has 90 heavy (non-hydrogen) atoms. The molecule has 3 unspecified atom stereocenters. The summed E-state index contributed by atoms with van der Waals surface area (Å²) in [4.78, 5) is 72.5. The Balaban J connectivity index is 5.22. The van der Waals surface area contributed by atoms with E-state index in [1.54, 1.807) is 0 Å².